The topological polar surface area (TPSA) is 60.2 Å². The van der Waals surface area contributed by atoms with Gasteiger partial charge in [0.05, 0.1) is 18.1 Å². The number of nitrogens with one attached hydrogen (secondary N) is 1. The van der Waals surface area contributed by atoms with Crippen molar-refractivity contribution >= 4 is 0 Å². The standard InChI is InChI=1S/C15H23N3O2/c1-2-8-16-10(3-1)4-7-14-17-15(18-20-14)12-9-11-5-6-13(12)19-11/h10-13,16H,1-9H2. The predicted octanol–water partition coefficient (Wildman–Crippen LogP) is 2.18. The summed E-state index contributed by atoms with van der Waals surface area (Å²) in [4.78, 5) is 4.61. The molecule has 4 rings (SSSR count). The molecule has 1 aromatic rings. The zero-order valence-corrected chi connectivity index (χ0v) is 11.9. The number of hydrogen-bond acceptors (Lipinski definition) is 5. The molecular weight excluding hydrogens is 254 g/mol. The van der Waals surface area contributed by atoms with E-state index in [0.29, 0.717) is 24.2 Å². The van der Waals surface area contributed by atoms with E-state index in [2.05, 4.69) is 15.5 Å². The molecule has 3 aliphatic heterocycles. The number of rotatable bonds is 4. The van der Waals surface area contributed by atoms with Crippen LogP contribution in [0.2, 0.25) is 0 Å². The molecule has 0 amide bonds. The van der Waals surface area contributed by atoms with Crippen LogP contribution in [0.5, 0.6) is 0 Å². The predicted molar refractivity (Wildman–Crippen MR) is 73.5 cm³/mol. The van der Waals surface area contributed by atoms with E-state index in [1.54, 1.807) is 0 Å². The minimum Gasteiger partial charge on any atom is -0.374 e. The molecule has 1 aromatic heterocycles. The van der Waals surface area contributed by atoms with E-state index in [0.717, 1.165) is 43.9 Å². The minimum atomic E-state index is 0.338. The molecule has 4 atom stereocenters. The lowest BCUT2D eigenvalue weighted by Crippen LogP contribution is -2.34. The Hall–Kier alpha value is -0.940. The number of nitrogens with zero attached hydrogens (tertiary/aromatic N) is 2. The normalized spacial score (nSPS) is 36.6. The van der Waals surface area contributed by atoms with Crippen LogP contribution < -0.4 is 5.32 Å². The van der Waals surface area contributed by atoms with Crippen LogP contribution in [0, 0.1) is 0 Å². The first-order chi connectivity index (χ1) is 9.88. The molecule has 3 aliphatic rings. The van der Waals surface area contributed by atoms with E-state index in [1.165, 1.54) is 25.7 Å². The Kier molecular flexibility index (Phi) is 3.48. The molecule has 0 aromatic carbocycles. The Morgan fingerprint density at radius 3 is 2.95 bits per heavy atom. The second kappa shape index (κ2) is 5.45. The van der Waals surface area contributed by atoms with Gasteiger partial charge >= 0.3 is 0 Å². The number of fused-ring (bicyclic) bond motifs is 2. The number of piperidine rings is 1. The third-order valence-corrected chi connectivity index (χ3v) is 5.04. The van der Waals surface area contributed by atoms with Gasteiger partial charge in [0.15, 0.2) is 5.82 Å². The minimum absolute atomic E-state index is 0.338. The van der Waals surface area contributed by atoms with E-state index >= 15 is 0 Å². The molecule has 0 aliphatic carbocycles. The third-order valence-electron chi connectivity index (χ3n) is 5.04. The van der Waals surface area contributed by atoms with Gasteiger partial charge in [-0.05, 0) is 45.1 Å². The Morgan fingerprint density at radius 2 is 2.20 bits per heavy atom. The van der Waals surface area contributed by atoms with Gasteiger partial charge in [-0.15, -0.1) is 0 Å². The molecule has 0 spiro atoms. The molecule has 1 N–H and O–H groups in total. The molecule has 0 saturated carbocycles. The fraction of sp³-hybridized carbons (Fsp3) is 0.867. The monoisotopic (exact) mass is 277 g/mol. The highest BCUT2D eigenvalue weighted by Crippen LogP contribution is 2.43. The molecule has 4 heterocycles. The van der Waals surface area contributed by atoms with Gasteiger partial charge in [0.25, 0.3) is 0 Å². The molecule has 3 saturated heterocycles. The van der Waals surface area contributed by atoms with Crippen LogP contribution >= 0.6 is 0 Å². The highest BCUT2D eigenvalue weighted by atomic mass is 16.5. The summed E-state index contributed by atoms with van der Waals surface area (Å²) in [6.07, 6.45) is 10.2. The second-order valence-corrected chi connectivity index (χ2v) is 6.45. The highest BCUT2D eigenvalue weighted by Gasteiger charge is 2.43. The average molecular weight is 277 g/mol. The largest absolute Gasteiger partial charge is 0.374 e. The summed E-state index contributed by atoms with van der Waals surface area (Å²) >= 11 is 0. The fourth-order valence-corrected chi connectivity index (χ4v) is 3.90. The highest BCUT2D eigenvalue weighted by molar-refractivity contribution is 5.06. The second-order valence-electron chi connectivity index (χ2n) is 6.45. The first-order valence-corrected chi connectivity index (χ1v) is 8.10. The van der Waals surface area contributed by atoms with Crippen molar-refractivity contribution in [3.8, 4) is 0 Å². The van der Waals surface area contributed by atoms with Crippen molar-refractivity contribution in [3.63, 3.8) is 0 Å². The van der Waals surface area contributed by atoms with Gasteiger partial charge in [0.1, 0.15) is 0 Å². The van der Waals surface area contributed by atoms with Crippen LogP contribution in [0.15, 0.2) is 4.52 Å². The number of hydrogen-bond donors (Lipinski definition) is 1. The van der Waals surface area contributed by atoms with Crippen LogP contribution in [0.3, 0.4) is 0 Å². The summed E-state index contributed by atoms with van der Waals surface area (Å²) in [7, 11) is 0. The van der Waals surface area contributed by atoms with Crippen molar-refractivity contribution in [2.75, 3.05) is 6.54 Å². The van der Waals surface area contributed by atoms with E-state index < -0.39 is 0 Å². The Morgan fingerprint density at radius 1 is 1.20 bits per heavy atom. The Labute approximate surface area is 119 Å². The maximum absolute atomic E-state index is 5.87. The van der Waals surface area contributed by atoms with Crippen LogP contribution in [0.25, 0.3) is 0 Å². The van der Waals surface area contributed by atoms with Crippen molar-refractivity contribution < 1.29 is 9.26 Å². The fourth-order valence-electron chi connectivity index (χ4n) is 3.90. The van der Waals surface area contributed by atoms with Crippen LogP contribution in [0.1, 0.15) is 62.6 Å². The SMILES string of the molecule is C1CCC(CCc2nc(C3CC4CCC3O4)no2)NC1. The van der Waals surface area contributed by atoms with Gasteiger partial charge in [0, 0.05) is 12.5 Å². The van der Waals surface area contributed by atoms with Gasteiger partial charge < -0.3 is 14.6 Å². The van der Waals surface area contributed by atoms with Crippen molar-refractivity contribution in [1.29, 1.82) is 0 Å². The van der Waals surface area contributed by atoms with Gasteiger partial charge in [-0.3, -0.25) is 0 Å². The smallest absolute Gasteiger partial charge is 0.226 e. The van der Waals surface area contributed by atoms with Gasteiger partial charge in [-0.1, -0.05) is 11.6 Å². The summed E-state index contributed by atoms with van der Waals surface area (Å²) in [5.74, 6) is 2.05. The maximum atomic E-state index is 5.87. The van der Waals surface area contributed by atoms with Crippen LogP contribution in [0.4, 0.5) is 0 Å². The van der Waals surface area contributed by atoms with Gasteiger partial charge in [0.2, 0.25) is 5.89 Å². The summed E-state index contributed by atoms with van der Waals surface area (Å²) in [5.41, 5.74) is 0. The maximum Gasteiger partial charge on any atom is 0.226 e. The summed E-state index contributed by atoms with van der Waals surface area (Å²) in [6.45, 7) is 1.15. The van der Waals surface area contributed by atoms with E-state index in [-0.39, 0.29) is 0 Å². The lowest BCUT2D eigenvalue weighted by molar-refractivity contribution is 0.0996. The molecular formula is C15H23N3O2. The number of ether oxygens (including phenoxy) is 1. The third kappa shape index (κ3) is 2.49. The Bertz CT molecular complexity index is 456. The van der Waals surface area contributed by atoms with Gasteiger partial charge in [-0.2, -0.15) is 4.98 Å². The molecule has 4 unspecified atom stereocenters. The molecule has 20 heavy (non-hydrogen) atoms. The summed E-state index contributed by atoms with van der Waals surface area (Å²) in [6, 6.07) is 0.630. The van der Waals surface area contributed by atoms with Crippen molar-refractivity contribution in [2.45, 2.75) is 75.5 Å². The van der Waals surface area contributed by atoms with Gasteiger partial charge in [-0.25, -0.2) is 0 Å². The lowest BCUT2D eigenvalue weighted by atomic mass is 9.89. The molecule has 110 valence electrons. The first-order valence-electron chi connectivity index (χ1n) is 8.10. The van der Waals surface area contributed by atoms with Crippen molar-refractivity contribution in [2.24, 2.45) is 0 Å². The number of aromatic nitrogens is 2. The Balaban J connectivity index is 1.33. The molecule has 5 heteroatoms. The van der Waals surface area contributed by atoms with Crippen molar-refractivity contribution in [3.05, 3.63) is 11.7 Å². The summed E-state index contributed by atoms with van der Waals surface area (Å²) < 4.78 is 11.3. The van der Waals surface area contributed by atoms with E-state index in [9.17, 15) is 0 Å². The van der Waals surface area contributed by atoms with Crippen LogP contribution in [-0.4, -0.2) is 34.9 Å². The summed E-state index contributed by atoms with van der Waals surface area (Å²) in [5, 5.41) is 7.76. The van der Waals surface area contributed by atoms with Crippen molar-refractivity contribution in [1.82, 2.24) is 15.5 Å². The van der Waals surface area contributed by atoms with Crippen LogP contribution in [-0.2, 0) is 11.2 Å². The molecule has 5 nitrogen and oxygen atoms in total. The molecule has 2 bridgehead atoms. The molecule has 3 fully saturated rings. The quantitative estimate of drug-likeness (QED) is 0.914. The zero-order valence-electron chi connectivity index (χ0n) is 11.9. The number of aryl methyl sites for hydroxylation is 1. The molecule has 0 radical (unpaired) electrons. The van der Waals surface area contributed by atoms with E-state index in [4.69, 9.17) is 9.26 Å². The van der Waals surface area contributed by atoms with E-state index in [1.807, 2.05) is 0 Å². The average Bonchev–Trinajstić information content (AvgIpc) is 3.22. The lowest BCUT2D eigenvalue weighted by Gasteiger charge is -2.22. The zero-order chi connectivity index (χ0) is 13.4. The first kappa shape index (κ1) is 12.8.